The van der Waals surface area contributed by atoms with E-state index in [4.69, 9.17) is 23.2 Å². The minimum absolute atomic E-state index is 0.114. The van der Waals surface area contributed by atoms with Gasteiger partial charge in [0.15, 0.2) is 5.78 Å². The molecule has 2 nitrogen and oxygen atoms in total. The molecule has 0 spiro atoms. The number of hydrogen-bond acceptors (Lipinski definition) is 2. The van der Waals surface area contributed by atoms with E-state index in [-0.39, 0.29) is 5.78 Å². The van der Waals surface area contributed by atoms with Crippen LogP contribution in [0.5, 0.6) is 0 Å². The van der Waals surface area contributed by atoms with Crippen LogP contribution in [0.15, 0.2) is 18.2 Å². The van der Waals surface area contributed by atoms with Crippen molar-refractivity contribution < 1.29 is 4.79 Å². The Balaban J connectivity index is 3.20. The fraction of sp³-hybridized carbons (Fsp3) is 0.429. The first-order valence-electron chi connectivity index (χ1n) is 5.72. The molecule has 1 rings (SSSR count). The van der Waals surface area contributed by atoms with Gasteiger partial charge in [0.25, 0.3) is 0 Å². The Hall–Kier alpha value is -1.04. The number of benzene rings is 1. The summed E-state index contributed by atoms with van der Waals surface area (Å²) in [7, 11) is 0. The standard InChI is InChI=1S/C14H15Cl2NO/c1-4-14(2,3)13(18)11(8-17)10-6-5-9(15)7-12(10)16/h5-7,11H,4H2,1-3H3. The van der Waals surface area contributed by atoms with Crippen LogP contribution in [0.1, 0.15) is 38.7 Å². The SMILES string of the molecule is CCC(C)(C)C(=O)C(C#N)c1ccc(Cl)cc1Cl. The summed E-state index contributed by atoms with van der Waals surface area (Å²) >= 11 is 11.9. The molecule has 4 heteroatoms. The summed E-state index contributed by atoms with van der Waals surface area (Å²) in [5, 5.41) is 10.1. The van der Waals surface area contributed by atoms with E-state index in [1.54, 1.807) is 18.2 Å². The lowest BCUT2D eigenvalue weighted by atomic mass is 9.77. The average Bonchev–Trinajstić information content (AvgIpc) is 2.32. The first-order valence-corrected chi connectivity index (χ1v) is 6.48. The maximum Gasteiger partial charge on any atom is 0.160 e. The number of rotatable bonds is 4. The lowest BCUT2D eigenvalue weighted by molar-refractivity contribution is -0.127. The van der Waals surface area contributed by atoms with Crippen LogP contribution in [-0.4, -0.2) is 5.78 Å². The Morgan fingerprint density at radius 2 is 2.06 bits per heavy atom. The second kappa shape index (κ2) is 5.73. The number of halogens is 2. The topological polar surface area (TPSA) is 40.9 Å². The Kier molecular flexibility index (Phi) is 4.78. The largest absolute Gasteiger partial charge is 0.297 e. The predicted octanol–water partition coefficient (Wildman–Crippen LogP) is 4.61. The molecule has 0 radical (unpaired) electrons. The molecule has 0 aromatic heterocycles. The van der Waals surface area contributed by atoms with E-state index in [0.29, 0.717) is 22.0 Å². The summed E-state index contributed by atoms with van der Waals surface area (Å²) in [5.74, 6) is -0.957. The van der Waals surface area contributed by atoms with E-state index in [1.807, 2.05) is 26.8 Å². The van der Waals surface area contributed by atoms with Gasteiger partial charge < -0.3 is 0 Å². The third-order valence-corrected chi connectivity index (χ3v) is 3.78. The highest BCUT2D eigenvalue weighted by Gasteiger charge is 2.34. The molecule has 0 aliphatic carbocycles. The van der Waals surface area contributed by atoms with Crippen LogP contribution < -0.4 is 0 Å². The van der Waals surface area contributed by atoms with E-state index < -0.39 is 11.3 Å². The third kappa shape index (κ3) is 3.04. The van der Waals surface area contributed by atoms with Gasteiger partial charge in [-0.1, -0.05) is 50.0 Å². The summed E-state index contributed by atoms with van der Waals surface area (Å²) in [4.78, 5) is 12.4. The molecule has 96 valence electrons. The zero-order valence-electron chi connectivity index (χ0n) is 10.6. The molecule has 0 amide bonds. The molecule has 0 aliphatic heterocycles. The molecule has 0 N–H and O–H groups in total. The van der Waals surface area contributed by atoms with Gasteiger partial charge in [-0.25, -0.2) is 0 Å². The lowest BCUT2D eigenvalue weighted by Crippen LogP contribution is -2.28. The number of Topliss-reactive ketones (excluding diaryl/α,β-unsaturated/α-hetero) is 1. The molecule has 0 saturated heterocycles. The van der Waals surface area contributed by atoms with Gasteiger partial charge in [-0.05, 0) is 24.1 Å². The number of nitriles is 1. The van der Waals surface area contributed by atoms with Crippen molar-refractivity contribution in [3.63, 3.8) is 0 Å². The summed E-state index contributed by atoms with van der Waals surface area (Å²) in [6.45, 7) is 5.60. The fourth-order valence-electron chi connectivity index (χ4n) is 1.57. The molecule has 0 fully saturated rings. The number of carbonyl (C=O) groups is 1. The highest BCUT2D eigenvalue weighted by Crippen LogP contribution is 2.34. The number of ketones is 1. The summed E-state index contributed by atoms with van der Waals surface area (Å²) < 4.78 is 0. The van der Waals surface area contributed by atoms with Crippen LogP contribution in [0.3, 0.4) is 0 Å². The van der Waals surface area contributed by atoms with Crippen molar-refractivity contribution >= 4 is 29.0 Å². The predicted molar refractivity (Wildman–Crippen MR) is 73.9 cm³/mol. The van der Waals surface area contributed by atoms with Crippen molar-refractivity contribution in [3.05, 3.63) is 33.8 Å². The van der Waals surface area contributed by atoms with Crippen LogP contribution in [-0.2, 0) is 4.79 Å². The maximum absolute atomic E-state index is 12.4. The highest BCUT2D eigenvalue weighted by atomic mass is 35.5. The van der Waals surface area contributed by atoms with Gasteiger partial charge in [0.1, 0.15) is 5.92 Å². The molecule has 0 heterocycles. The fourth-order valence-corrected chi connectivity index (χ4v) is 2.09. The van der Waals surface area contributed by atoms with E-state index >= 15 is 0 Å². The Bertz CT molecular complexity index is 503. The van der Waals surface area contributed by atoms with Crippen molar-refractivity contribution in [2.75, 3.05) is 0 Å². The second-order valence-electron chi connectivity index (χ2n) is 4.83. The van der Waals surface area contributed by atoms with Gasteiger partial charge in [-0.2, -0.15) is 5.26 Å². The van der Waals surface area contributed by atoms with Crippen LogP contribution in [0, 0.1) is 16.7 Å². The summed E-state index contributed by atoms with van der Waals surface area (Å²) in [5.41, 5.74) is -0.0151. The first-order chi connectivity index (χ1) is 8.33. The Labute approximate surface area is 118 Å². The highest BCUT2D eigenvalue weighted by molar-refractivity contribution is 6.35. The zero-order chi connectivity index (χ0) is 13.9. The third-order valence-electron chi connectivity index (χ3n) is 3.22. The minimum Gasteiger partial charge on any atom is -0.297 e. The van der Waals surface area contributed by atoms with Gasteiger partial charge in [0.2, 0.25) is 0 Å². The number of hydrogen-bond donors (Lipinski definition) is 0. The van der Waals surface area contributed by atoms with Crippen molar-refractivity contribution in [2.45, 2.75) is 33.1 Å². The summed E-state index contributed by atoms with van der Waals surface area (Å²) in [6.07, 6.45) is 0.676. The van der Waals surface area contributed by atoms with E-state index in [2.05, 4.69) is 0 Å². The van der Waals surface area contributed by atoms with Crippen molar-refractivity contribution in [3.8, 4) is 6.07 Å². The quantitative estimate of drug-likeness (QED) is 0.810. The molecule has 0 aliphatic rings. The molecular weight excluding hydrogens is 269 g/mol. The molecule has 18 heavy (non-hydrogen) atoms. The smallest absolute Gasteiger partial charge is 0.160 e. The van der Waals surface area contributed by atoms with Gasteiger partial charge >= 0.3 is 0 Å². The maximum atomic E-state index is 12.4. The van der Waals surface area contributed by atoms with Crippen LogP contribution in [0.25, 0.3) is 0 Å². The van der Waals surface area contributed by atoms with Gasteiger partial charge in [-0.15, -0.1) is 0 Å². The van der Waals surface area contributed by atoms with Crippen molar-refractivity contribution in [1.29, 1.82) is 5.26 Å². The second-order valence-corrected chi connectivity index (χ2v) is 5.67. The lowest BCUT2D eigenvalue weighted by Gasteiger charge is -2.24. The van der Waals surface area contributed by atoms with Gasteiger partial charge in [0.05, 0.1) is 6.07 Å². The average molecular weight is 284 g/mol. The molecule has 1 aromatic rings. The molecule has 0 bridgehead atoms. The number of carbonyl (C=O) groups excluding carboxylic acids is 1. The van der Waals surface area contributed by atoms with Crippen molar-refractivity contribution in [1.82, 2.24) is 0 Å². The molecule has 0 saturated carbocycles. The van der Waals surface area contributed by atoms with Gasteiger partial charge in [-0.3, -0.25) is 4.79 Å². The zero-order valence-corrected chi connectivity index (χ0v) is 12.1. The summed E-state index contributed by atoms with van der Waals surface area (Å²) in [6, 6.07) is 6.87. The van der Waals surface area contributed by atoms with Crippen LogP contribution in [0.2, 0.25) is 10.0 Å². The molecular formula is C14H15Cl2NO. The number of nitrogens with zero attached hydrogens (tertiary/aromatic N) is 1. The van der Waals surface area contributed by atoms with Crippen molar-refractivity contribution in [2.24, 2.45) is 5.41 Å². The molecule has 1 atom stereocenters. The van der Waals surface area contributed by atoms with E-state index in [1.165, 1.54) is 0 Å². The minimum atomic E-state index is -0.843. The first kappa shape index (κ1) is 15.0. The normalized spacial score (nSPS) is 12.9. The Morgan fingerprint density at radius 1 is 1.44 bits per heavy atom. The van der Waals surface area contributed by atoms with Crippen LogP contribution >= 0.6 is 23.2 Å². The van der Waals surface area contributed by atoms with E-state index in [0.717, 1.165) is 0 Å². The Morgan fingerprint density at radius 3 is 2.50 bits per heavy atom. The van der Waals surface area contributed by atoms with E-state index in [9.17, 15) is 10.1 Å². The monoisotopic (exact) mass is 283 g/mol. The molecule has 1 aromatic carbocycles. The van der Waals surface area contributed by atoms with Crippen LogP contribution in [0.4, 0.5) is 0 Å². The molecule has 1 unspecified atom stereocenters. The van der Waals surface area contributed by atoms with Gasteiger partial charge in [0, 0.05) is 15.5 Å².